The van der Waals surface area contributed by atoms with E-state index in [0.717, 1.165) is 72.5 Å². The molecule has 10 aromatic carbocycles. The molecule has 0 aliphatic heterocycles. The lowest BCUT2D eigenvalue weighted by atomic mass is 9.96. The predicted molar refractivity (Wildman–Crippen MR) is 257 cm³/mol. The minimum atomic E-state index is 0.884. The Bertz CT molecular complexity index is 3570. The second-order valence-electron chi connectivity index (χ2n) is 15.6. The van der Waals surface area contributed by atoms with Crippen LogP contribution in [0.5, 0.6) is 0 Å². The van der Waals surface area contributed by atoms with Crippen LogP contribution in [-0.4, -0.2) is 4.57 Å². The van der Waals surface area contributed by atoms with Crippen LogP contribution in [0.15, 0.2) is 235 Å². The van der Waals surface area contributed by atoms with E-state index in [-0.39, 0.29) is 0 Å². The van der Waals surface area contributed by atoms with Gasteiger partial charge in [0.15, 0.2) is 0 Å². The first-order valence-corrected chi connectivity index (χ1v) is 20.8. The van der Waals surface area contributed by atoms with Crippen molar-refractivity contribution in [1.82, 2.24) is 4.57 Å². The normalized spacial score (nSPS) is 11.6. The molecule has 2 heterocycles. The Balaban J connectivity index is 1.08. The van der Waals surface area contributed by atoms with Gasteiger partial charge in [0.05, 0.1) is 22.4 Å². The van der Waals surface area contributed by atoms with Crippen molar-refractivity contribution in [3.05, 3.63) is 231 Å². The topological polar surface area (TPSA) is 21.3 Å². The highest BCUT2D eigenvalue weighted by molar-refractivity contribution is 6.12. The van der Waals surface area contributed by atoms with Gasteiger partial charge in [-0.15, -0.1) is 0 Å². The minimum absolute atomic E-state index is 0.884. The smallest absolute Gasteiger partial charge is 0.143 e. The standard InChI is InChI=1S/C58H38N2O/c1-2-23-44-39(17-1)18-15-29-45(44)40-19-13-21-42(37-40)59(54-33-9-6-27-49(54)51-30-16-31-52-50-28-7-12-36-57(50)61-58(51)52)43-22-14-20-41(38-43)46-24-3-8-32-53(46)60-55-34-10-4-25-47(55)48-26-5-11-35-56(48)60/h1-38H. The highest BCUT2D eigenvalue weighted by atomic mass is 16.3. The Morgan fingerprint density at radius 1 is 0.344 bits per heavy atom. The number of fused-ring (bicyclic) bond motifs is 7. The van der Waals surface area contributed by atoms with Crippen molar-refractivity contribution in [3.8, 4) is 39.1 Å². The maximum atomic E-state index is 6.67. The summed E-state index contributed by atoms with van der Waals surface area (Å²) >= 11 is 0. The number of benzene rings is 10. The van der Waals surface area contributed by atoms with Crippen molar-refractivity contribution >= 4 is 71.6 Å². The zero-order valence-electron chi connectivity index (χ0n) is 33.2. The lowest BCUT2D eigenvalue weighted by molar-refractivity contribution is 0.670. The van der Waals surface area contributed by atoms with E-state index in [4.69, 9.17) is 4.42 Å². The lowest BCUT2D eigenvalue weighted by Gasteiger charge is -2.29. The molecule has 0 unspecified atom stereocenters. The number of rotatable bonds is 7. The number of anilines is 3. The maximum Gasteiger partial charge on any atom is 0.143 e. The van der Waals surface area contributed by atoms with Crippen LogP contribution >= 0.6 is 0 Å². The predicted octanol–water partition coefficient (Wildman–Crippen LogP) is 16.3. The molecule has 12 aromatic rings. The molecule has 3 heteroatoms. The summed E-state index contributed by atoms with van der Waals surface area (Å²) in [6.45, 7) is 0. The molecule has 286 valence electrons. The van der Waals surface area contributed by atoms with Gasteiger partial charge >= 0.3 is 0 Å². The highest BCUT2D eigenvalue weighted by Gasteiger charge is 2.22. The molecule has 0 atom stereocenters. The minimum Gasteiger partial charge on any atom is -0.455 e. The van der Waals surface area contributed by atoms with E-state index >= 15 is 0 Å². The van der Waals surface area contributed by atoms with Crippen molar-refractivity contribution in [2.75, 3.05) is 4.90 Å². The van der Waals surface area contributed by atoms with E-state index in [1.54, 1.807) is 0 Å². The largest absolute Gasteiger partial charge is 0.455 e. The van der Waals surface area contributed by atoms with Crippen LogP contribution in [0.2, 0.25) is 0 Å². The second-order valence-corrected chi connectivity index (χ2v) is 15.6. The molecule has 0 bridgehead atoms. The summed E-state index contributed by atoms with van der Waals surface area (Å²) in [5.41, 5.74) is 15.2. The monoisotopic (exact) mass is 778 g/mol. The lowest BCUT2D eigenvalue weighted by Crippen LogP contribution is -2.11. The molecule has 0 saturated carbocycles. The third-order valence-corrected chi connectivity index (χ3v) is 12.2. The molecule has 0 N–H and O–H groups in total. The number of furan rings is 1. The van der Waals surface area contributed by atoms with Crippen molar-refractivity contribution in [2.45, 2.75) is 0 Å². The van der Waals surface area contributed by atoms with Gasteiger partial charge in [-0.2, -0.15) is 0 Å². The van der Waals surface area contributed by atoms with Crippen LogP contribution in [-0.2, 0) is 0 Å². The van der Waals surface area contributed by atoms with Crippen LogP contribution in [0.4, 0.5) is 17.1 Å². The number of hydrogen-bond acceptors (Lipinski definition) is 2. The molecule has 0 amide bonds. The molecule has 0 aliphatic rings. The molecular formula is C58H38N2O. The molecule has 0 aliphatic carbocycles. The van der Waals surface area contributed by atoms with Gasteiger partial charge in [0, 0.05) is 49.6 Å². The Labute approximate surface area is 353 Å². The molecule has 0 saturated heterocycles. The van der Waals surface area contributed by atoms with Crippen LogP contribution < -0.4 is 4.90 Å². The number of aromatic nitrogens is 1. The summed E-state index contributed by atoms with van der Waals surface area (Å²) in [7, 11) is 0. The molecular weight excluding hydrogens is 741 g/mol. The van der Waals surface area contributed by atoms with Gasteiger partial charge < -0.3 is 13.9 Å². The third-order valence-electron chi connectivity index (χ3n) is 12.2. The second kappa shape index (κ2) is 14.3. The molecule has 0 radical (unpaired) electrons. The van der Waals surface area contributed by atoms with E-state index in [1.807, 2.05) is 6.07 Å². The quantitative estimate of drug-likeness (QED) is 0.161. The Hall–Kier alpha value is -8.14. The van der Waals surface area contributed by atoms with Crippen LogP contribution in [0.3, 0.4) is 0 Å². The molecule has 2 aromatic heterocycles. The fourth-order valence-corrected chi connectivity index (χ4v) is 9.48. The Morgan fingerprint density at radius 2 is 0.852 bits per heavy atom. The average Bonchev–Trinajstić information content (AvgIpc) is 3.88. The van der Waals surface area contributed by atoms with Crippen molar-refractivity contribution in [1.29, 1.82) is 0 Å². The van der Waals surface area contributed by atoms with Crippen LogP contribution in [0.1, 0.15) is 0 Å². The average molecular weight is 779 g/mol. The summed E-state index contributed by atoms with van der Waals surface area (Å²) in [4.78, 5) is 2.41. The van der Waals surface area contributed by atoms with Crippen LogP contribution in [0.25, 0.3) is 93.6 Å². The van der Waals surface area contributed by atoms with E-state index in [9.17, 15) is 0 Å². The van der Waals surface area contributed by atoms with E-state index in [1.165, 1.54) is 38.1 Å². The summed E-state index contributed by atoms with van der Waals surface area (Å²) in [6.07, 6.45) is 0. The SMILES string of the molecule is c1cc(-c2ccccc2-n2c3ccccc3c3ccccc32)cc(N(c2cccc(-c3cccc4ccccc34)c2)c2ccccc2-c2cccc3c2oc2ccccc23)c1. The van der Waals surface area contributed by atoms with Gasteiger partial charge in [-0.1, -0.05) is 176 Å². The fourth-order valence-electron chi connectivity index (χ4n) is 9.48. The zero-order chi connectivity index (χ0) is 40.3. The zero-order valence-corrected chi connectivity index (χ0v) is 33.2. The molecule has 0 spiro atoms. The van der Waals surface area contributed by atoms with Gasteiger partial charge in [-0.3, -0.25) is 0 Å². The van der Waals surface area contributed by atoms with E-state index in [0.29, 0.717) is 0 Å². The molecule has 0 fully saturated rings. The van der Waals surface area contributed by atoms with Crippen molar-refractivity contribution < 1.29 is 4.42 Å². The first-order valence-electron chi connectivity index (χ1n) is 20.8. The maximum absolute atomic E-state index is 6.67. The number of hydrogen-bond donors (Lipinski definition) is 0. The Kier molecular flexibility index (Phi) is 8.17. The van der Waals surface area contributed by atoms with Gasteiger partial charge in [0.2, 0.25) is 0 Å². The van der Waals surface area contributed by atoms with Crippen molar-refractivity contribution in [2.24, 2.45) is 0 Å². The number of nitrogens with zero attached hydrogens (tertiary/aromatic N) is 2. The van der Waals surface area contributed by atoms with Gasteiger partial charge in [0.1, 0.15) is 11.2 Å². The summed E-state index contributed by atoms with van der Waals surface area (Å²) < 4.78 is 9.09. The van der Waals surface area contributed by atoms with E-state index < -0.39 is 0 Å². The van der Waals surface area contributed by atoms with Crippen molar-refractivity contribution in [3.63, 3.8) is 0 Å². The fraction of sp³-hybridized carbons (Fsp3) is 0. The summed E-state index contributed by atoms with van der Waals surface area (Å²) in [5.74, 6) is 0. The van der Waals surface area contributed by atoms with Gasteiger partial charge in [-0.25, -0.2) is 0 Å². The summed E-state index contributed by atoms with van der Waals surface area (Å²) in [5, 5.41) is 7.17. The highest BCUT2D eigenvalue weighted by Crippen LogP contribution is 2.46. The molecule has 3 nitrogen and oxygen atoms in total. The van der Waals surface area contributed by atoms with E-state index in [2.05, 4.69) is 234 Å². The molecule has 12 rings (SSSR count). The first kappa shape index (κ1) is 34.9. The van der Waals surface area contributed by atoms with Crippen LogP contribution in [0, 0.1) is 0 Å². The number of para-hydroxylation sites is 6. The Morgan fingerprint density at radius 3 is 1.62 bits per heavy atom. The molecule has 61 heavy (non-hydrogen) atoms. The first-order chi connectivity index (χ1) is 30.3. The van der Waals surface area contributed by atoms with Gasteiger partial charge in [0.25, 0.3) is 0 Å². The summed E-state index contributed by atoms with van der Waals surface area (Å²) in [6, 6.07) is 82.9. The third kappa shape index (κ3) is 5.74. The van der Waals surface area contributed by atoms with Gasteiger partial charge in [-0.05, 0) is 82.1 Å².